The average Bonchev–Trinajstić information content (AvgIpc) is 2.58. The maximum absolute atomic E-state index is 13.0. The second kappa shape index (κ2) is 8.81. The van der Waals surface area contributed by atoms with E-state index in [0.29, 0.717) is 6.54 Å². The molecule has 1 N–H and O–H groups in total. The summed E-state index contributed by atoms with van der Waals surface area (Å²) in [7, 11) is 0. The van der Waals surface area contributed by atoms with Crippen LogP contribution in [0.25, 0.3) is 0 Å². The molecule has 2 aromatic rings. The largest absolute Gasteiger partial charge is 0.348 e. The lowest BCUT2D eigenvalue weighted by atomic mass is 10.1. The van der Waals surface area contributed by atoms with Crippen LogP contribution in [0.4, 0.5) is 4.39 Å². The Morgan fingerprint density at radius 3 is 2.29 bits per heavy atom. The molecular weight excluding hydrogens is 327 g/mol. The van der Waals surface area contributed by atoms with E-state index >= 15 is 0 Å². The van der Waals surface area contributed by atoms with E-state index in [2.05, 4.69) is 36.2 Å². The van der Waals surface area contributed by atoms with Crippen molar-refractivity contribution in [3.8, 4) is 0 Å². The number of halogens is 2. The molecule has 128 valence electrons. The zero-order chi connectivity index (χ0) is 17.5. The maximum Gasteiger partial charge on any atom is 0.253 e. The van der Waals surface area contributed by atoms with Crippen LogP contribution < -0.4 is 5.32 Å². The minimum absolute atomic E-state index is 0.113. The fourth-order valence-electron chi connectivity index (χ4n) is 2.42. The Kier molecular flexibility index (Phi) is 6.76. The van der Waals surface area contributed by atoms with Crippen LogP contribution in [0, 0.1) is 5.82 Å². The van der Waals surface area contributed by atoms with Gasteiger partial charge >= 0.3 is 0 Å². The molecule has 0 aliphatic heterocycles. The van der Waals surface area contributed by atoms with Gasteiger partial charge in [0.15, 0.2) is 0 Å². The number of carbonyl (C=O) groups is 1. The van der Waals surface area contributed by atoms with Crippen LogP contribution in [0.2, 0.25) is 5.02 Å². The average molecular weight is 349 g/mol. The van der Waals surface area contributed by atoms with Crippen molar-refractivity contribution in [2.45, 2.75) is 26.9 Å². The van der Waals surface area contributed by atoms with E-state index in [-0.39, 0.29) is 16.5 Å². The van der Waals surface area contributed by atoms with Gasteiger partial charge in [-0.05, 0) is 42.4 Å². The Morgan fingerprint density at radius 1 is 1.08 bits per heavy atom. The number of carbonyl (C=O) groups excluding carboxylic acids is 1. The van der Waals surface area contributed by atoms with E-state index < -0.39 is 5.82 Å². The zero-order valence-electron chi connectivity index (χ0n) is 14.0. The number of benzene rings is 2. The first kappa shape index (κ1) is 18.4. The highest BCUT2D eigenvalue weighted by atomic mass is 35.5. The van der Waals surface area contributed by atoms with E-state index in [9.17, 15) is 9.18 Å². The Balaban J connectivity index is 1.93. The third-order valence-corrected chi connectivity index (χ3v) is 4.27. The summed E-state index contributed by atoms with van der Waals surface area (Å²) >= 11 is 5.90. The molecule has 0 aromatic heterocycles. The van der Waals surface area contributed by atoms with Crippen molar-refractivity contribution in [3.05, 3.63) is 70.0 Å². The van der Waals surface area contributed by atoms with Crippen LogP contribution in [0.5, 0.6) is 0 Å². The van der Waals surface area contributed by atoms with Gasteiger partial charge in [-0.3, -0.25) is 9.69 Å². The molecule has 2 aromatic carbocycles. The highest BCUT2D eigenvalue weighted by molar-refractivity contribution is 6.33. The number of nitrogens with zero attached hydrogens (tertiary/aromatic N) is 1. The smallest absolute Gasteiger partial charge is 0.253 e. The first-order valence-electron chi connectivity index (χ1n) is 8.07. The van der Waals surface area contributed by atoms with Crippen LogP contribution in [0.15, 0.2) is 42.5 Å². The van der Waals surface area contributed by atoms with Gasteiger partial charge in [0.05, 0.1) is 10.6 Å². The second-order valence-electron chi connectivity index (χ2n) is 5.58. The summed E-state index contributed by atoms with van der Waals surface area (Å²) in [6.45, 7) is 7.66. The summed E-state index contributed by atoms with van der Waals surface area (Å²) in [5.41, 5.74) is 2.52. The van der Waals surface area contributed by atoms with E-state index in [1.165, 1.54) is 17.7 Å². The summed E-state index contributed by atoms with van der Waals surface area (Å²) in [5.74, 6) is -0.771. The molecule has 0 spiro atoms. The van der Waals surface area contributed by atoms with Crippen molar-refractivity contribution < 1.29 is 9.18 Å². The molecule has 0 heterocycles. The van der Waals surface area contributed by atoms with E-state index in [1.807, 2.05) is 12.1 Å². The van der Waals surface area contributed by atoms with Gasteiger partial charge in [-0.1, -0.05) is 49.7 Å². The lowest BCUT2D eigenvalue weighted by Gasteiger charge is -2.18. The number of amides is 1. The highest BCUT2D eigenvalue weighted by Crippen LogP contribution is 2.17. The lowest BCUT2D eigenvalue weighted by Crippen LogP contribution is -2.23. The van der Waals surface area contributed by atoms with Crippen LogP contribution in [0.1, 0.15) is 35.3 Å². The van der Waals surface area contributed by atoms with Crippen molar-refractivity contribution in [1.82, 2.24) is 10.2 Å². The molecule has 0 fully saturated rings. The van der Waals surface area contributed by atoms with Gasteiger partial charge in [0.2, 0.25) is 0 Å². The zero-order valence-corrected chi connectivity index (χ0v) is 14.7. The van der Waals surface area contributed by atoms with Gasteiger partial charge in [-0.25, -0.2) is 4.39 Å². The molecule has 0 bridgehead atoms. The summed E-state index contributed by atoms with van der Waals surface area (Å²) in [4.78, 5) is 14.5. The molecule has 0 saturated heterocycles. The van der Waals surface area contributed by atoms with Crippen LogP contribution in [-0.4, -0.2) is 23.9 Å². The van der Waals surface area contributed by atoms with Crippen LogP contribution >= 0.6 is 11.6 Å². The van der Waals surface area contributed by atoms with Crippen molar-refractivity contribution in [1.29, 1.82) is 0 Å². The molecule has 24 heavy (non-hydrogen) atoms. The van der Waals surface area contributed by atoms with Gasteiger partial charge in [0.25, 0.3) is 5.91 Å². The molecule has 5 heteroatoms. The maximum atomic E-state index is 13.0. The first-order chi connectivity index (χ1) is 11.5. The quantitative estimate of drug-likeness (QED) is 0.811. The van der Waals surface area contributed by atoms with Gasteiger partial charge in [0, 0.05) is 13.1 Å². The SMILES string of the molecule is CCN(CC)Cc1ccc(CNC(=O)c2ccc(F)cc2Cl)cc1. The minimum atomic E-state index is -0.458. The molecular formula is C19H22ClFN2O. The van der Waals surface area contributed by atoms with E-state index in [1.54, 1.807) is 0 Å². The summed E-state index contributed by atoms with van der Waals surface area (Å²) in [6.07, 6.45) is 0. The van der Waals surface area contributed by atoms with E-state index in [4.69, 9.17) is 11.6 Å². The lowest BCUT2D eigenvalue weighted by molar-refractivity contribution is 0.0951. The van der Waals surface area contributed by atoms with Gasteiger partial charge in [0.1, 0.15) is 5.82 Å². The molecule has 0 atom stereocenters. The number of hydrogen-bond acceptors (Lipinski definition) is 2. The van der Waals surface area contributed by atoms with Crippen LogP contribution in [-0.2, 0) is 13.1 Å². The first-order valence-corrected chi connectivity index (χ1v) is 8.44. The molecule has 0 aliphatic rings. The third kappa shape index (κ3) is 5.05. The molecule has 2 rings (SSSR count). The van der Waals surface area contributed by atoms with Gasteiger partial charge in [-0.2, -0.15) is 0 Å². The fraction of sp³-hybridized carbons (Fsp3) is 0.316. The van der Waals surface area contributed by atoms with Crippen molar-refractivity contribution in [2.75, 3.05) is 13.1 Å². The molecule has 3 nitrogen and oxygen atoms in total. The van der Waals surface area contributed by atoms with Crippen molar-refractivity contribution >= 4 is 17.5 Å². The standard InChI is InChI=1S/C19H22ClFN2O/c1-3-23(4-2)13-15-7-5-14(6-8-15)12-22-19(24)17-10-9-16(21)11-18(17)20/h5-11H,3-4,12-13H2,1-2H3,(H,22,24). The predicted octanol–water partition coefficient (Wildman–Crippen LogP) is 4.25. The summed E-state index contributed by atoms with van der Waals surface area (Å²) < 4.78 is 13.0. The Morgan fingerprint density at radius 2 is 1.71 bits per heavy atom. The number of hydrogen-bond donors (Lipinski definition) is 1. The Labute approximate surface area is 147 Å². The van der Waals surface area contributed by atoms with Gasteiger partial charge in [-0.15, -0.1) is 0 Å². The van der Waals surface area contributed by atoms with Gasteiger partial charge < -0.3 is 5.32 Å². The van der Waals surface area contributed by atoms with Crippen LogP contribution in [0.3, 0.4) is 0 Å². The highest BCUT2D eigenvalue weighted by Gasteiger charge is 2.10. The Bertz CT molecular complexity index is 684. The monoisotopic (exact) mass is 348 g/mol. The fourth-order valence-corrected chi connectivity index (χ4v) is 2.67. The molecule has 0 unspecified atom stereocenters. The molecule has 0 aliphatic carbocycles. The molecule has 0 radical (unpaired) electrons. The van der Waals surface area contributed by atoms with E-state index in [0.717, 1.165) is 31.3 Å². The number of rotatable bonds is 7. The molecule has 0 saturated carbocycles. The van der Waals surface area contributed by atoms with Crippen molar-refractivity contribution in [2.24, 2.45) is 0 Å². The normalized spacial score (nSPS) is 10.9. The number of nitrogens with one attached hydrogen (secondary N) is 1. The Hall–Kier alpha value is -1.91. The minimum Gasteiger partial charge on any atom is -0.348 e. The summed E-state index contributed by atoms with van der Waals surface area (Å²) in [5, 5.41) is 2.91. The topological polar surface area (TPSA) is 32.3 Å². The van der Waals surface area contributed by atoms with Crippen molar-refractivity contribution in [3.63, 3.8) is 0 Å². The second-order valence-corrected chi connectivity index (χ2v) is 5.99. The molecule has 1 amide bonds. The predicted molar refractivity (Wildman–Crippen MR) is 95.6 cm³/mol. The summed E-state index contributed by atoms with van der Waals surface area (Å²) in [6, 6.07) is 11.9. The third-order valence-electron chi connectivity index (χ3n) is 3.95.